The lowest BCUT2D eigenvalue weighted by molar-refractivity contribution is 0.152. The zero-order valence-electron chi connectivity index (χ0n) is 17.6. The van der Waals surface area contributed by atoms with Gasteiger partial charge in [0.15, 0.2) is 5.82 Å². The Balaban J connectivity index is 1.49. The standard InChI is InChI=1S/C25H36ClFO/c1-3-5-18-6-11-20(12-7-18)21-13-8-19(9-14-21)10-15-22-16-17-23(28-4-2)24(26)25(22)27/h10,15-21H,3-9,11-14H2,1-2H3/t18-,19-,20-,21-. The van der Waals surface area contributed by atoms with Gasteiger partial charge in [0.1, 0.15) is 10.8 Å². The molecule has 2 aliphatic rings. The molecule has 0 aliphatic heterocycles. The largest absolute Gasteiger partial charge is 0.492 e. The molecule has 0 spiro atoms. The molecular formula is C25H36ClFO. The van der Waals surface area contributed by atoms with Crippen molar-refractivity contribution >= 4 is 17.7 Å². The average Bonchev–Trinajstić information content (AvgIpc) is 2.72. The van der Waals surface area contributed by atoms with Crippen LogP contribution in [0.2, 0.25) is 5.02 Å². The van der Waals surface area contributed by atoms with E-state index in [0.29, 0.717) is 23.8 Å². The molecule has 28 heavy (non-hydrogen) atoms. The van der Waals surface area contributed by atoms with E-state index in [1.54, 1.807) is 12.1 Å². The number of halogens is 2. The Bertz CT molecular complexity index is 640. The van der Waals surface area contributed by atoms with Crippen LogP contribution in [-0.4, -0.2) is 6.61 Å². The lowest BCUT2D eigenvalue weighted by Crippen LogP contribution is -2.25. The Kier molecular flexibility index (Phi) is 8.26. The van der Waals surface area contributed by atoms with Crippen molar-refractivity contribution < 1.29 is 9.13 Å². The van der Waals surface area contributed by atoms with E-state index in [-0.39, 0.29) is 10.8 Å². The highest BCUT2D eigenvalue weighted by atomic mass is 35.5. The third-order valence-electron chi connectivity index (χ3n) is 7.00. The zero-order valence-corrected chi connectivity index (χ0v) is 18.3. The molecule has 2 aliphatic carbocycles. The summed E-state index contributed by atoms with van der Waals surface area (Å²) in [5, 5.41) is 0.0892. The third-order valence-corrected chi connectivity index (χ3v) is 7.35. The minimum atomic E-state index is -0.374. The maximum Gasteiger partial charge on any atom is 0.152 e. The summed E-state index contributed by atoms with van der Waals surface area (Å²) >= 11 is 6.10. The van der Waals surface area contributed by atoms with Crippen molar-refractivity contribution in [3.63, 3.8) is 0 Å². The van der Waals surface area contributed by atoms with Gasteiger partial charge in [-0.25, -0.2) is 4.39 Å². The van der Waals surface area contributed by atoms with E-state index < -0.39 is 0 Å². The first-order valence-corrected chi connectivity index (χ1v) is 11.8. The van der Waals surface area contributed by atoms with E-state index in [1.165, 1.54) is 64.2 Å². The molecule has 1 nitrogen and oxygen atoms in total. The lowest BCUT2D eigenvalue weighted by atomic mass is 9.68. The first-order valence-electron chi connectivity index (χ1n) is 11.4. The molecular weight excluding hydrogens is 371 g/mol. The summed E-state index contributed by atoms with van der Waals surface area (Å²) in [4.78, 5) is 0. The molecule has 0 atom stereocenters. The number of benzene rings is 1. The van der Waals surface area contributed by atoms with E-state index >= 15 is 0 Å². The van der Waals surface area contributed by atoms with Crippen molar-refractivity contribution in [2.75, 3.05) is 6.61 Å². The van der Waals surface area contributed by atoms with Gasteiger partial charge in [-0.1, -0.05) is 56.4 Å². The molecule has 3 rings (SSSR count). The normalized spacial score (nSPS) is 28.6. The molecule has 0 saturated heterocycles. The van der Waals surface area contributed by atoms with Crippen LogP contribution in [0, 0.1) is 29.5 Å². The molecule has 0 amide bonds. The molecule has 0 aromatic heterocycles. The molecule has 0 radical (unpaired) electrons. The molecule has 2 saturated carbocycles. The van der Waals surface area contributed by atoms with Crippen molar-refractivity contribution in [1.82, 2.24) is 0 Å². The van der Waals surface area contributed by atoms with Gasteiger partial charge in [0, 0.05) is 5.56 Å². The fourth-order valence-corrected chi connectivity index (χ4v) is 5.57. The Morgan fingerprint density at radius 1 is 1.00 bits per heavy atom. The zero-order chi connectivity index (χ0) is 19.9. The van der Waals surface area contributed by atoms with Crippen LogP contribution in [0.4, 0.5) is 4.39 Å². The Hall–Kier alpha value is -1.02. The van der Waals surface area contributed by atoms with E-state index in [9.17, 15) is 4.39 Å². The number of rotatable bonds is 7. The maximum absolute atomic E-state index is 14.5. The number of allylic oxidation sites excluding steroid dienone is 1. The second-order valence-corrected chi connectivity index (χ2v) is 9.20. The molecule has 1 aromatic rings. The second-order valence-electron chi connectivity index (χ2n) is 8.82. The van der Waals surface area contributed by atoms with Crippen LogP contribution in [0.1, 0.15) is 83.6 Å². The predicted molar refractivity (Wildman–Crippen MR) is 117 cm³/mol. The van der Waals surface area contributed by atoms with E-state index in [2.05, 4.69) is 13.0 Å². The van der Waals surface area contributed by atoms with Crippen LogP contribution >= 0.6 is 11.6 Å². The molecule has 0 unspecified atom stereocenters. The Labute approximate surface area is 175 Å². The first kappa shape index (κ1) is 21.7. The van der Waals surface area contributed by atoms with Gasteiger partial charge < -0.3 is 4.74 Å². The third kappa shape index (κ3) is 5.53. The first-order chi connectivity index (χ1) is 13.6. The molecule has 0 N–H and O–H groups in total. The number of ether oxygens (including phenoxy) is 1. The van der Waals surface area contributed by atoms with Gasteiger partial charge >= 0.3 is 0 Å². The molecule has 156 valence electrons. The van der Waals surface area contributed by atoms with Gasteiger partial charge in [-0.05, 0) is 81.3 Å². The fraction of sp³-hybridized carbons (Fsp3) is 0.680. The minimum Gasteiger partial charge on any atom is -0.492 e. The minimum absolute atomic E-state index is 0.0892. The maximum atomic E-state index is 14.5. The summed E-state index contributed by atoms with van der Waals surface area (Å²) < 4.78 is 19.8. The molecule has 1 aromatic carbocycles. The monoisotopic (exact) mass is 406 g/mol. The molecule has 0 heterocycles. The van der Waals surface area contributed by atoms with Crippen LogP contribution < -0.4 is 4.74 Å². The van der Waals surface area contributed by atoms with Crippen LogP contribution in [0.25, 0.3) is 6.08 Å². The summed E-state index contributed by atoms with van der Waals surface area (Å²) in [6, 6.07) is 3.53. The van der Waals surface area contributed by atoms with Crippen molar-refractivity contribution in [2.24, 2.45) is 23.7 Å². The van der Waals surface area contributed by atoms with Crippen molar-refractivity contribution in [3.05, 3.63) is 34.6 Å². The summed E-state index contributed by atoms with van der Waals surface area (Å²) in [5.74, 6) is 3.49. The van der Waals surface area contributed by atoms with Gasteiger partial charge in [0.25, 0.3) is 0 Å². The Morgan fingerprint density at radius 3 is 2.25 bits per heavy atom. The van der Waals surface area contributed by atoms with Crippen LogP contribution in [-0.2, 0) is 0 Å². The topological polar surface area (TPSA) is 9.23 Å². The fourth-order valence-electron chi connectivity index (χ4n) is 5.35. The van der Waals surface area contributed by atoms with Crippen LogP contribution in [0.15, 0.2) is 18.2 Å². The second kappa shape index (κ2) is 10.7. The van der Waals surface area contributed by atoms with Crippen LogP contribution in [0.5, 0.6) is 5.75 Å². The number of hydrogen-bond acceptors (Lipinski definition) is 1. The lowest BCUT2D eigenvalue weighted by Gasteiger charge is -2.37. The summed E-state index contributed by atoms with van der Waals surface area (Å²) in [6.07, 6.45) is 17.8. The Morgan fingerprint density at radius 2 is 1.64 bits per heavy atom. The van der Waals surface area contributed by atoms with Gasteiger partial charge in [0.05, 0.1) is 6.61 Å². The molecule has 2 fully saturated rings. The van der Waals surface area contributed by atoms with Crippen molar-refractivity contribution in [2.45, 2.75) is 78.1 Å². The quantitative estimate of drug-likeness (QED) is 0.442. The molecule has 0 bridgehead atoms. The average molecular weight is 407 g/mol. The predicted octanol–water partition coefficient (Wildman–Crippen LogP) is 8.30. The highest BCUT2D eigenvalue weighted by molar-refractivity contribution is 6.32. The molecule has 3 heteroatoms. The van der Waals surface area contributed by atoms with Gasteiger partial charge in [-0.15, -0.1) is 0 Å². The SMILES string of the molecule is CCC[C@H]1CC[C@H]([C@H]2CC[C@H](C=Cc3ccc(OCC)c(Cl)c3F)CC2)CC1. The highest BCUT2D eigenvalue weighted by Crippen LogP contribution is 2.42. The summed E-state index contributed by atoms with van der Waals surface area (Å²) in [6.45, 7) is 4.67. The summed E-state index contributed by atoms with van der Waals surface area (Å²) in [7, 11) is 0. The van der Waals surface area contributed by atoms with E-state index in [4.69, 9.17) is 16.3 Å². The van der Waals surface area contributed by atoms with Gasteiger partial charge in [-0.2, -0.15) is 0 Å². The smallest absolute Gasteiger partial charge is 0.152 e. The van der Waals surface area contributed by atoms with E-state index in [0.717, 1.165) is 17.8 Å². The highest BCUT2D eigenvalue weighted by Gasteiger charge is 2.30. The van der Waals surface area contributed by atoms with Crippen molar-refractivity contribution in [3.8, 4) is 5.75 Å². The summed E-state index contributed by atoms with van der Waals surface area (Å²) in [5.41, 5.74) is 0.560. The van der Waals surface area contributed by atoms with E-state index in [1.807, 2.05) is 13.0 Å². The van der Waals surface area contributed by atoms with Gasteiger partial charge in [0.2, 0.25) is 0 Å². The van der Waals surface area contributed by atoms with Gasteiger partial charge in [-0.3, -0.25) is 0 Å². The van der Waals surface area contributed by atoms with Crippen molar-refractivity contribution in [1.29, 1.82) is 0 Å². The number of hydrogen-bond donors (Lipinski definition) is 0. The van der Waals surface area contributed by atoms with Crippen LogP contribution in [0.3, 0.4) is 0 Å².